The Balaban J connectivity index is 2.17. The molecule has 2 atom stereocenters. The third-order valence-corrected chi connectivity index (χ3v) is 4.18. The molecule has 0 bridgehead atoms. The minimum Gasteiger partial charge on any atom is -0.383 e. The first-order chi connectivity index (χ1) is 9.78. The van der Waals surface area contributed by atoms with E-state index in [-0.39, 0.29) is 0 Å². The van der Waals surface area contributed by atoms with Gasteiger partial charge in [-0.05, 0) is 30.4 Å². The van der Waals surface area contributed by atoms with Crippen LogP contribution in [0.25, 0.3) is 0 Å². The molecule has 1 saturated heterocycles. The van der Waals surface area contributed by atoms with Crippen molar-refractivity contribution in [2.75, 3.05) is 45.3 Å². The molecular formula is C15H26N3OP. The van der Waals surface area contributed by atoms with Crippen LogP contribution in [0.1, 0.15) is 11.1 Å². The van der Waals surface area contributed by atoms with Crippen LogP contribution in [0.15, 0.2) is 18.2 Å². The minimum absolute atomic E-state index is 0.414. The molecule has 0 amide bonds. The molecule has 0 aliphatic carbocycles. The number of rotatable bonds is 6. The summed E-state index contributed by atoms with van der Waals surface area (Å²) in [6, 6.07) is 7.22. The van der Waals surface area contributed by atoms with Crippen LogP contribution in [0.2, 0.25) is 0 Å². The van der Waals surface area contributed by atoms with Crippen molar-refractivity contribution in [3.05, 3.63) is 29.3 Å². The fraction of sp³-hybridized carbons (Fsp3) is 0.600. The Morgan fingerprint density at radius 1 is 1.50 bits per heavy atom. The summed E-state index contributed by atoms with van der Waals surface area (Å²) >= 11 is 0. The number of nitrogens with one attached hydrogen (secondary N) is 2. The Morgan fingerprint density at radius 3 is 3.05 bits per heavy atom. The van der Waals surface area contributed by atoms with Crippen molar-refractivity contribution in [2.45, 2.75) is 18.7 Å². The van der Waals surface area contributed by atoms with Crippen molar-refractivity contribution in [1.29, 1.82) is 0 Å². The van der Waals surface area contributed by atoms with Crippen molar-refractivity contribution < 1.29 is 4.74 Å². The quantitative estimate of drug-likeness (QED) is 0.774. The molecule has 1 heterocycles. The van der Waals surface area contributed by atoms with E-state index in [1.807, 2.05) is 7.05 Å². The number of hydrogen-bond donors (Lipinski definition) is 2. The van der Waals surface area contributed by atoms with Gasteiger partial charge in [-0.25, -0.2) is 0 Å². The van der Waals surface area contributed by atoms with E-state index in [2.05, 4.69) is 43.0 Å². The molecule has 0 radical (unpaired) electrons. The number of nitrogens with zero attached hydrogens (tertiary/aromatic N) is 1. The highest BCUT2D eigenvalue weighted by atomic mass is 31.0. The first-order valence-corrected chi connectivity index (χ1v) is 8.04. The standard InChI is InChI=1S/C15H26N3OP/c1-16-8-13-7-12(11-20)3-4-15(13)18-6-5-17-14(9-18)10-19-2/h3-4,7,14,16-17H,5-6,8-11,20H2,1-2H3. The summed E-state index contributed by atoms with van der Waals surface area (Å²) < 4.78 is 5.28. The third kappa shape index (κ3) is 3.92. The van der Waals surface area contributed by atoms with Gasteiger partial charge in [-0.2, -0.15) is 0 Å². The van der Waals surface area contributed by atoms with Gasteiger partial charge in [-0.3, -0.25) is 0 Å². The average Bonchev–Trinajstić information content (AvgIpc) is 2.48. The Hall–Kier alpha value is -0.670. The van der Waals surface area contributed by atoms with Crippen LogP contribution in [0.5, 0.6) is 0 Å². The van der Waals surface area contributed by atoms with Gasteiger partial charge in [0.25, 0.3) is 0 Å². The maximum Gasteiger partial charge on any atom is 0.0633 e. The normalized spacial score (nSPS) is 19.4. The topological polar surface area (TPSA) is 36.5 Å². The minimum atomic E-state index is 0.414. The second-order valence-electron chi connectivity index (χ2n) is 5.25. The molecular weight excluding hydrogens is 269 g/mol. The van der Waals surface area contributed by atoms with Crippen LogP contribution < -0.4 is 15.5 Å². The molecule has 4 nitrogen and oxygen atoms in total. The molecule has 112 valence electrons. The third-order valence-electron chi connectivity index (χ3n) is 3.71. The molecule has 0 spiro atoms. The lowest BCUT2D eigenvalue weighted by Gasteiger charge is -2.36. The Bertz CT molecular complexity index is 426. The summed E-state index contributed by atoms with van der Waals surface area (Å²) in [5.41, 5.74) is 4.10. The van der Waals surface area contributed by atoms with Crippen LogP contribution in [0.3, 0.4) is 0 Å². The van der Waals surface area contributed by atoms with E-state index in [0.29, 0.717) is 6.04 Å². The van der Waals surface area contributed by atoms with Gasteiger partial charge in [0.05, 0.1) is 6.61 Å². The van der Waals surface area contributed by atoms with Crippen molar-refractivity contribution in [1.82, 2.24) is 10.6 Å². The molecule has 1 aromatic carbocycles. The molecule has 1 aliphatic rings. The molecule has 1 aromatic rings. The Labute approximate surface area is 124 Å². The number of ether oxygens (including phenoxy) is 1. The second kappa shape index (κ2) is 7.94. The van der Waals surface area contributed by atoms with Gasteiger partial charge in [0.2, 0.25) is 0 Å². The van der Waals surface area contributed by atoms with Gasteiger partial charge >= 0.3 is 0 Å². The van der Waals surface area contributed by atoms with Crippen LogP contribution in [-0.2, 0) is 17.4 Å². The Morgan fingerprint density at radius 2 is 2.35 bits per heavy atom. The highest BCUT2D eigenvalue weighted by molar-refractivity contribution is 7.15. The zero-order chi connectivity index (χ0) is 14.4. The van der Waals surface area contributed by atoms with Gasteiger partial charge in [0.15, 0.2) is 0 Å². The highest BCUT2D eigenvalue weighted by Crippen LogP contribution is 2.24. The fourth-order valence-electron chi connectivity index (χ4n) is 2.76. The summed E-state index contributed by atoms with van der Waals surface area (Å²) in [5, 5.41) is 6.79. The molecule has 2 rings (SSSR count). The number of benzene rings is 1. The van der Waals surface area contributed by atoms with Crippen molar-refractivity contribution >= 4 is 14.9 Å². The van der Waals surface area contributed by atoms with Gasteiger partial charge in [0, 0.05) is 45.0 Å². The number of piperazine rings is 1. The van der Waals surface area contributed by atoms with E-state index < -0.39 is 0 Å². The van der Waals surface area contributed by atoms with Gasteiger partial charge in [0.1, 0.15) is 0 Å². The fourth-order valence-corrected chi connectivity index (χ4v) is 3.02. The summed E-state index contributed by atoms with van der Waals surface area (Å²) in [6.45, 7) is 4.74. The van der Waals surface area contributed by atoms with E-state index in [0.717, 1.165) is 38.9 Å². The zero-order valence-corrected chi connectivity index (χ0v) is 13.6. The maximum atomic E-state index is 5.28. The first-order valence-electron chi connectivity index (χ1n) is 7.22. The molecule has 0 saturated carbocycles. The smallest absolute Gasteiger partial charge is 0.0633 e. The molecule has 5 heteroatoms. The second-order valence-corrected chi connectivity index (χ2v) is 5.66. The summed E-state index contributed by atoms with van der Waals surface area (Å²) in [7, 11) is 6.56. The van der Waals surface area contributed by atoms with E-state index in [1.165, 1.54) is 16.8 Å². The number of hydrogen-bond acceptors (Lipinski definition) is 4. The summed E-state index contributed by atoms with van der Waals surface area (Å²) in [5.74, 6) is 0. The molecule has 0 aromatic heterocycles. The molecule has 1 aliphatic heterocycles. The maximum absolute atomic E-state index is 5.28. The van der Waals surface area contributed by atoms with Crippen LogP contribution in [0.4, 0.5) is 5.69 Å². The Kier molecular flexibility index (Phi) is 6.24. The van der Waals surface area contributed by atoms with Crippen molar-refractivity contribution in [3.8, 4) is 0 Å². The zero-order valence-electron chi connectivity index (χ0n) is 12.5. The van der Waals surface area contributed by atoms with Crippen LogP contribution in [-0.4, -0.2) is 46.4 Å². The molecule has 2 N–H and O–H groups in total. The van der Waals surface area contributed by atoms with Crippen molar-refractivity contribution in [3.63, 3.8) is 0 Å². The van der Waals surface area contributed by atoms with E-state index in [1.54, 1.807) is 7.11 Å². The van der Waals surface area contributed by atoms with E-state index in [4.69, 9.17) is 4.74 Å². The van der Waals surface area contributed by atoms with Crippen LogP contribution >= 0.6 is 9.24 Å². The largest absolute Gasteiger partial charge is 0.383 e. The number of methoxy groups -OCH3 is 1. The predicted octanol–water partition coefficient (Wildman–Crippen LogP) is 1.21. The van der Waals surface area contributed by atoms with Crippen LogP contribution in [0, 0.1) is 0 Å². The lowest BCUT2D eigenvalue weighted by Crippen LogP contribution is -2.52. The van der Waals surface area contributed by atoms with Gasteiger partial charge in [-0.15, -0.1) is 9.24 Å². The van der Waals surface area contributed by atoms with Gasteiger partial charge < -0.3 is 20.3 Å². The molecule has 1 fully saturated rings. The number of anilines is 1. The van der Waals surface area contributed by atoms with E-state index >= 15 is 0 Å². The first kappa shape index (κ1) is 15.7. The SMILES string of the molecule is CNCc1cc(CP)ccc1N1CCNC(COC)C1. The van der Waals surface area contributed by atoms with E-state index in [9.17, 15) is 0 Å². The average molecular weight is 295 g/mol. The monoisotopic (exact) mass is 295 g/mol. The lowest BCUT2D eigenvalue weighted by molar-refractivity contribution is 0.163. The highest BCUT2D eigenvalue weighted by Gasteiger charge is 2.21. The van der Waals surface area contributed by atoms with Crippen molar-refractivity contribution in [2.24, 2.45) is 0 Å². The predicted molar refractivity (Wildman–Crippen MR) is 88.5 cm³/mol. The summed E-state index contributed by atoms with van der Waals surface area (Å²) in [6.07, 6.45) is 1.00. The summed E-state index contributed by atoms with van der Waals surface area (Å²) in [4.78, 5) is 2.47. The molecule has 2 unspecified atom stereocenters. The van der Waals surface area contributed by atoms with Gasteiger partial charge in [-0.1, -0.05) is 12.1 Å². The lowest BCUT2D eigenvalue weighted by atomic mass is 10.1. The molecule has 20 heavy (non-hydrogen) atoms.